The van der Waals surface area contributed by atoms with Crippen LogP contribution in [0.4, 0.5) is 0 Å². The normalized spacial score (nSPS) is 12.3. The van der Waals surface area contributed by atoms with E-state index >= 15 is 0 Å². The Kier molecular flexibility index (Phi) is 22.6. The summed E-state index contributed by atoms with van der Waals surface area (Å²) in [4.78, 5) is 0. The minimum absolute atomic E-state index is 0. The second-order valence-electron chi connectivity index (χ2n) is 3.72. The molecule has 17 heavy (non-hydrogen) atoms. The van der Waals surface area contributed by atoms with Gasteiger partial charge >= 0.3 is 26.2 Å². The van der Waals surface area contributed by atoms with Crippen LogP contribution >= 0.6 is 0 Å². The molecule has 0 bridgehead atoms. The van der Waals surface area contributed by atoms with Crippen molar-refractivity contribution in [2.75, 3.05) is 13.2 Å². The van der Waals surface area contributed by atoms with Crippen molar-refractivity contribution < 1.29 is 55.8 Å². The van der Waals surface area contributed by atoms with Crippen molar-refractivity contribution in [3.05, 3.63) is 29.8 Å². The second-order valence-corrected chi connectivity index (χ2v) is 3.72. The van der Waals surface area contributed by atoms with Crippen LogP contribution in [0.1, 0.15) is 38.2 Å². The predicted molar refractivity (Wildman–Crippen MR) is 60.7 cm³/mol. The molecule has 0 aliphatic carbocycles. The summed E-state index contributed by atoms with van der Waals surface area (Å²) in [6.07, 6.45) is 6.43. The summed E-state index contributed by atoms with van der Waals surface area (Å²) in [7, 11) is 0. The van der Waals surface area contributed by atoms with E-state index < -0.39 is 0 Å². The first-order valence-corrected chi connectivity index (χ1v) is 5.72. The van der Waals surface area contributed by atoms with Crippen molar-refractivity contribution >= 4 is 0 Å². The first kappa shape index (κ1) is 22.9. The van der Waals surface area contributed by atoms with Gasteiger partial charge in [0.15, 0.2) is 0 Å². The first-order valence-electron chi connectivity index (χ1n) is 5.72. The molecule has 1 saturated heterocycles. The molecular weight excluding hydrogens is 334 g/mol. The van der Waals surface area contributed by atoms with Gasteiger partial charge in [-0.1, -0.05) is 26.2 Å². The Morgan fingerprint density at radius 2 is 1.59 bits per heavy atom. The van der Waals surface area contributed by atoms with Gasteiger partial charge in [-0.3, -0.25) is 0 Å². The van der Waals surface area contributed by atoms with E-state index in [0.717, 1.165) is 13.2 Å². The summed E-state index contributed by atoms with van der Waals surface area (Å²) in [5, 5.41) is 0. The molecule has 2 rings (SSSR count). The molecule has 97 valence electrons. The largest absolute Gasteiger partial charge is 3.00 e. The zero-order valence-electron chi connectivity index (χ0n) is 10.4. The molecule has 1 nitrogen and oxygen atoms in total. The van der Waals surface area contributed by atoms with Gasteiger partial charge in [-0.25, -0.2) is 12.1 Å². The zero-order valence-corrected chi connectivity index (χ0v) is 14.4. The molecule has 0 saturated carbocycles. The second kappa shape index (κ2) is 16.8. The van der Waals surface area contributed by atoms with E-state index in [1.807, 2.05) is 0 Å². The van der Waals surface area contributed by atoms with Gasteiger partial charge in [0.2, 0.25) is 0 Å². The van der Waals surface area contributed by atoms with E-state index in [1.165, 1.54) is 37.7 Å². The van der Waals surface area contributed by atoms with Crippen LogP contribution in [0.15, 0.2) is 24.3 Å². The Balaban J connectivity index is -0.000000216. The third-order valence-corrected chi connectivity index (χ3v) is 2.38. The quantitative estimate of drug-likeness (QED) is 0.547. The Morgan fingerprint density at radius 3 is 1.94 bits per heavy atom. The summed E-state index contributed by atoms with van der Waals surface area (Å²) in [5.74, 6) is 0. The maximum atomic E-state index is 4.94. The van der Waals surface area contributed by atoms with Gasteiger partial charge < -0.3 is 29.6 Å². The van der Waals surface area contributed by atoms with Crippen molar-refractivity contribution in [1.82, 2.24) is 0 Å². The van der Waals surface area contributed by atoms with Gasteiger partial charge in [0, 0.05) is 13.2 Å². The van der Waals surface area contributed by atoms with Crippen LogP contribution < -0.4 is 24.8 Å². The fraction of sp³-hybridized carbons (Fsp3) is 0.615. The van der Waals surface area contributed by atoms with Crippen LogP contribution in [0.2, 0.25) is 0 Å². The van der Waals surface area contributed by atoms with Crippen LogP contribution in [-0.4, -0.2) is 13.2 Å². The van der Waals surface area contributed by atoms with Crippen LogP contribution in [0.25, 0.3) is 0 Å². The van der Waals surface area contributed by atoms with E-state index in [1.54, 1.807) is 0 Å². The molecule has 0 spiro atoms. The van der Waals surface area contributed by atoms with Crippen LogP contribution in [-0.2, 0) is 37.4 Å². The molecule has 0 unspecified atom stereocenters. The van der Waals surface area contributed by atoms with E-state index in [0.29, 0.717) is 0 Å². The summed E-state index contributed by atoms with van der Waals surface area (Å²) in [5.41, 5.74) is 1.48. The molecule has 0 atom stereocenters. The van der Waals surface area contributed by atoms with Crippen LogP contribution in [0.5, 0.6) is 0 Å². The van der Waals surface area contributed by atoms with Crippen molar-refractivity contribution in [3.63, 3.8) is 0 Å². The van der Waals surface area contributed by atoms with Crippen molar-refractivity contribution in [2.24, 2.45) is 0 Å². The molecule has 4 heteroatoms. The van der Waals surface area contributed by atoms with E-state index in [-0.39, 0.29) is 51.0 Å². The third-order valence-electron chi connectivity index (χ3n) is 2.38. The van der Waals surface area contributed by atoms with E-state index in [9.17, 15) is 0 Å². The predicted octanol–water partition coefficient (Wildman–Crippen LogP) is -2.45. The summed E-state index contributed by atoms with van der Waals surface area (Å²) >= 11 is 0. The van der Waals surface area contributed by atoms with Gasteiger partial charge in [0.1, 0.15) is 0 Å². The Morgan fingerprint density at radius 1 is 1.06 bits per heavy atom. The average molecular weight is 355 g/mol. The molecule has 0 N–H and O–H groups in total. The fourth-order valence-electron chi connectivity index (χ4n) is 1.47. The molecule has 1 radical (unpaired) electrons. The number of aryl methyl sites for hydroxylation is 1. The van der Waals surface area contributed by atoms with Gasteiger partial charge in [-0.05, 0) is 12.8 Å². The SMILES string of the molecule is C1CCOC1.CCCC[c-]1cccc1.[Cl-].[Cl-].[Zr+3]. The van der Waals surface area contributed by atoms with Crippen molar-refractivity contribution in [2.45, 2.75) is 39.0 Å². The maximum Gasteiger partial charge on any atom is 3.00 e. The van der Waals surface area contributed by atoms with Crippen molar-refractivity contribution in [1.29, 1.82) is 0 Å². The van der Waals surface area contributed by atoms with E-state index in [2.05, 4.69) is 31.2 Å². The number of hydrogen-bond donors (Lipinski definition) is 0. The molecule has 0 amide bonds. The minimum atomic E-state index is 0. The zero-order chi connectivity index (χ0) is 10.1. The molecule has 0 aromatic heterocycles. The standard InChI is InChI=1S/C9H13.C4H8O.2ClH.Zr/c1-2-3-6-9-7-4-5-8-9;1-2-4-5-3-1;;;/h4-5,7-8H,2-3,6H2,1H3;1-4H2;2*1H;/q-1;;;;+3/p-2. The molecule has 1 aromatic carbocycles. The molecule has 1 aliphatic heterocycles. The molecule has 1 aromatic rings. The average Bonchev–Trinajstić information content (AvgIpc) is 2.90. The summed E-state index contributed by atoms with van der Waals surface area (Å²) in [6, 6.07) is 8.58. The molecular formula is C13H21Cl2OZr. The van der Waals surface area contributed by atoms with Crippen LogP contribution in [0, 0.1) is 0 Å². The van der Waals surface area contributed by atoms with Gasteiger partial charge in [0.25, 0.3) is 0 Å². The smallest absolute Gasteiger partial charge is 1.00 e. The monoisotopic (exact) mass is 353 g/mol. The van der Waals surface area contributed by atoms with E-state index in [4.69, 9.17) is 4.74 Å². The molecule has 1 aliphatic rings. The molecule has 1 fully saturated rings. The fourth-order valence-corrected chi connectivity index (χ4v) is 1.47. The first-order chi connectivity index (χ1) is 6.93. The van der Waals surface area contributed by atoms with Crippen molar-refractivity contribution in [3.8, 4) is 0 Å². The number of unbranched alkanes of at least 4 members (excludes halogenated alkanes) is 1. The van der Waals surface area contributed by atoms with Gasteiger partial charge in [0.05, 0.1) is 0 Å². The van der Waals surface area contributed by atoms with Gasteiger partial charge in [-0.2, -0.15) is 17.7 Å². The molecule has 1 heterocycles. The van der Waals surface area contributed by atoms with Gasteiger partial charge in [-0.15, -0.1) is 0 Å². The number of rotatable bonds is 3. The maximum absolute atomic E-state index is 4.94. The summed E-state index contributed by atoms with van der Waals surface area (Å²) in [6.45, 7) is 4.23. The topological polar surface area (TPSA) is 9.23 Å². The minimum Gasteiger partial charge on any atom is -1.00 e. The number of ether oxygens (including phenoxy) is 1. The number of hydrogen-bond acceptors (Lipinski definition) is 1. The van der Waals surface area contributed by atoms with Crippen LogP contribution in [0.3, 0.4) is 0 Å². The Labute approximate surface area is 137 Å². The Hall–Kier alpha value is 0.773. The Bertz CT molecular complexity index is 204. The summed E-state index contributed by atoms with van der Waals surface area (Å²) < 4.78 is 4.94. The number of halogens is 2. The third kappa shape index (κ3) is 13.0.